The third-order valence-electron chi connectivity index (χ3n) is 2.16. The molecule has 1 aromatic carbocycles. The topological polar surface area (TPSA) is 46.2 Å². The Morgan fingerprint density at radius 1 is 1.28 bits per heavy atom. The molecule has 0 aliphatic carbocycles. The largest absolute Gasteiger partial charge is 0.278 e. The van der Waals surface area contributed by atoms with Gasteiger partial charge in [0.25, 0.3) is 10.0 Å². The number of benzene rings is 1. The monoisotopic (exact) mass is 397 g/mol. The van der Waals surface area contributed by atoms with Crippen molar-refractivity contribution in [3.05, 3.63) is 44.6 Å². The molecule has 7 heteroatoms. The van der Waals surface area contributed by atoms with E-state index in [1.54, 1.807) is 12.1 Å². The Balaban J connectivity index is 2.33. The lowest BCUT2D eigenvalue weighted by molar-refractivity contribution is 0.603. The zero-order valence-electron chi connectivity index (χ0n) is 9.28. The van der Waals surface area contributed by atoms with Crippen molar-refractivity contribution in [3.63, 3.8) is 0 Å². The zero-order chi connectivity index (χ0) is 13.3. The molecule has 0 saturated heterocycles. The van der Waals surface area contributed by atoms with Gasteiger partial charge in [-0.3, -0.25) is 4.72 Å². The van der Waals surface area contributed by atoms with Crippen LogP contribution >= 0.6 is 33.9 Å². The maximum absolute atomic E-state index is 12.9. The van der Waals surface area contributed by atoms with E-state index in [9.17, 15) is 12.8 Å². The molecule has 18 heavy (non-hydrogen) atoms. The first-order valence-electron chi connectivity index (χ1n) is 4.93. The normalized spacial score (nSPS) is 11.5. The van der Waals surface area contributed by atoms with Gasteiger partial charge in [0.2, 0.25) is 0 Å². The molecular weight excluding hydrogens is 388 g/mol. The van der Waals surface area contributed by atoms with Crippen molar-refractivity contribution < 1.29 is 12.8 Å². The molecule has 96 valence electrons. The Hall–Kier alpha value is -0.670. The first-order chi connectivity index (χ1) is 8.38. The van der Waals surface area contributed by atoms with Gasteiger partial charge in [0, 0.05) is 8.45 Å². The van der Waals surface area contributed by atoms with Crippen LogP contribution in [0, 0.1) is 16.3 Å². The van der Waals surface area contributed by atoms with E-state index in [4.69, 9.17) is 0 Å². The van der Waals surface area contributed by atoms with E-state index in [0.29, 0.717) is 9.26 Å². The summed E-state index contributed by atoms with van der Waals surface area (Å²) < 4.78 is 40.3. The lowest BCUT2D eigenvalue weighted by Gasteiger charge is -2.08. The van der Waals surface area contributed by atoms with Crippen molar-refractivity contribution in [1.29, 1.82) is 0 Å². The van der Waals surface area contributed by atoms with Gasteiger partial charge in [-0.2, -0.15) is 0 Å². The predicted octanol–water partition coefficient (Wildman–Crippen LogP) is 3.60. The smallest absolute Gasteiger partial charge is 0.271 e. The Bertz CT molecular complexity index is 682. The van der Waals surface area contributed by atoms with E-state index in [-0.39, 0.29) is 4.21 Å². The van der Waals surface area contributed by atoms with Crippen molar-refractivity contribution in [2.75, 3.05) is 4.72 Å². The molecule has 1 N–H and O–H groups in total. The summed E-state index contributed by atoms with van der Waals surface area (Å²) in [6.07, 6.45) is 0. The molecular formula is C11H9FINO2S2. The number of aryl methyl sites for hydroxylation is 1. The standard InChI is InChI=1S/C11H9FINO2S2/c1-7-2-5-11(17-7)18(15,16)14-10-4-3-8(12)6-9(10)13/h2-6,14H,1H3. The van der Waals surface area contributed by atoms with Crippen LogP contribution in [0.3, 0.4) is 0 Å². The minimum absolute atomic E-state index is 0.250. The average molecular weight is 397 g/mol. The summed E-state index contributed by atoms with van der Waals surface area (Å²) in [7, 11) is -3.59. The summed E-state index contributed by atoms with van der Waals surface area (Å²) in [4.78, 5) is 0.921. The Morgan fingerprint density at radius 3 is 2.56 bits per heavy atom. The summed E-state index contributed by atoms with van der Waals surface area (Å²) in [6.45, 7) is 1.84. The van der Waals surface area contributed by atoms with Gasteiger partial charge in [-0.1, -0.05) is 0 Å². The molecule has 0 saturated carbocycles. The van der Waals surface area contributed by atoms with Gasteiger partial charge in [0.15, 0.2) is 0 Å². The van der Waals surface area contributed by atoms with Gasteiger partial charge >= 0.3 is 0 Å². The molecule has 0 spiro atoms. The minimum atomic E-state index is -3.59. The Morgan fingerprint density at radius 2 is 2.00 bits per heavy atom. The summed E-state index contributed by atoms with van der Waals surface area (Å²) >= 11 is 3.08. The highest BCUT2D eigenvalue weighted by molar-refractivity contribution is 14.1. The molecule has 0 radical (unpaired) electrons. The average Bonchev–Trinajstić information content (AvgIpc) is 2.70. The van der Waals surface area contributed by atoms with Gasteiger partial charge in [0.1, 0.15) is 10.0 Å². The van der Waals surface area contributed by atoms with Crippen LogP contribution in [0.15, 0.2) is 34.5 Å². The van der Waals surface area contributed by atoms with E-state index < -0.39 is 15.8 Å². The predicted molar refractivity (Wildman–Crippen MR) is 79.0 cm³/mol. The minimum Gasteiger partial charge on any atom is -0.278 e. The van der Waals surface area contributed by atoms with Crippen LogP contribution in [0.4, 0.5) is 10.1 Å². The van der Waals surface area contributed by atoms with Crippen LogP contribution in [-0.2, 0) is 10.0 Å². The molecule has 0 aliphatic rings. The van der Waals surface area contributed by atoms with Gasteiger partial charge in [-0.15, -0.1) is 11.3 Å². The second-order valence-corrected chi connectivity index (χ2v) is 7.95. The number of nitrogens with one attached hydrogen (secondary N) is 1. The van der Waals surface area contributed by atoms with E-state index in [1.165, 1.54) is 29.5 Å². The zero-order valence-corrected chi connectivity index (χ0v) is 13.1. The molecule has 1 aromatic heterocycles. The van der Waals surface area contributed by atoms with Crippen LogP contribution < -0.4 is 4.72 Å². The number of hydrogen-bond donors (Lipinski definition) is 1. The number of sulfonamides is 1. The molecule has 2 aromatic rings. The van der Waals surface area contributed by atoms with E-state index in [1.807, 2.05) is 29.5 Å². The van der Waals surface area contributed by atoms with E-state index in [0.717, 1.165) is 4.88 Å². The summed E-state index contributed by atoms with van der Waals surface area (Å²) in [5.74, 6) is -0.394. The quantitative estimate of drug-likeness (QED) is 0.805. The van der Waals surface area contributed by atoms with Crippen molar-refractivity contribution in [2.45, 2.75) is 11.1 Å². The van der Waals surface area contributed by atoms with Crippen LogP contribution in [0.2, 0.25) is 0 Å². The molecule has 0 fully saturated rings. The first-order valence-corrected chi connectivity index (χ1v) is 8.30. The second kappa shape index (κ2) is 5.14. The van der Waals surface area contributed by atoms with Crippen molar-refractivity contribution in [2.24, 2.45) is 0 Å². The van der Waals surface area contributed by atoms with Crippen LogP contribution in [0.25, 0.3) is 0 Å². The van der Waals surface area contributed by atoms with Crippen molar-refractivity contribution in [1.82, 2.24) is 0 Å². The Kier molecular flexibility index (Phi) is 3.93. The third-order valence-corrected chi connectivity index (χ3v) is 5.91. The van der Waals surface area contributed by atoms with Crippen LogP contribution in [-0.4, -0.2) is 8.42 Å². The highest BCUT2D eigenvalue weighted by Gasteiger charge is 2.17. The van der Waals surface area contributed by atoms with Gasteiger partial charge < -0.3 is 0 Å². The highest BCUT2D eigenvalue weighted by Crippen LogP contribution is 2.26. The number of anilines is 1. The van der Waals surface area contributed by atoms with E-state index in [2.05, 4.69) is 4.72 Å². The fourth-order valence-corrected chi connectivity index (χ4v) is 4.48. The summed E-state index contributed by atoms with van der Waals surface area (Å²) in [5, 5.41) is 0. The molecule has 1 heterocycles. The third kappa shape index (κ3) is 3.01. The molecule has 3 nitrogen and oxygen atoms in total. The lowest BCUT2D eigenvalue weighted by Crippen LogP contribution is -2.12. The molecule has 0 unspecified atom stereocenters. The van der Waals surface area contributed by atoms with E-state index >= 15 is 0 Å². The van der Waals surface area contributed by atoms with Crippen molar-refractivity contribution >= 4 is 49.6 Å². The summed E-state index contributed by atoms with van der Waals surface area (Å²) in [6, 6.07) is 7.21. The SMILES string of the molecule is Cc1ccc(S(=O)(=O)Nc2ccc(F)cc2I)s1. The molecule has 2 rings (SSSR count). The van der Waals surface area contributed by atoms with Crippen molar-refractivity contribution in [3.8, 4) is 0 Å². The Labute approximate surface area is 122 Å². The maximum atomic E-state index is 12.9. The van der Waals surface area contributed by atoms with Gasteiger partial charge in [-0.25, -0.2) is 12.8 Å². The highest BCUT2D eigenvalue weighted by atomic mass is 127. The number of thiophene rings is 1. The number of rotatable bonds is 3. The number of hydrogen-bond acceptors (Lipinski definition) is 3. The van der Waals surface area contributed by atoms with Crippen LogP contribution in [0.5, 0.6) is 0 Å². The molecule has 0 atom stereocenters. The number of halogens is 2. The van der Waals surface area contributed by atoms with Gasteiger partial charge in [-0.05, 0) is 59.8 Å². The lowest BCUT2D eigenvalue weighted by atomic mass is 10.3. The fraction of sp³-hybridized carbons (Fsp3) is 0.0909. The van der Waals surface area contributed by atoms with Gasteiger partial charge in [0.05, 0.1) is 5.69 Å². The maximum Gasteiger partial charge on any atom is 0.271 e. The van der Waals surface area contributed by atoms with Crippen LogP contribution in [0.1, 0.15) is 4.88 Å². The fourth-order valence-electron chi connectivity index (χ4n) is 1.32. The first kappa shape index (κ1) is 13.8. The molecule has 0 aliphatic heterocycles. The molecule has 0 amide bonds. The second-order valence-electron chi connectivity index (χ2n) is 3.59. The summed E-state index contributed by atoms with van der Waals surface area (Å²) in [5.41, 5.74) is 0.378. The molecule has 0 bridgehead atoms.